The maximum Gasteiger partial charge on any atom is 0.187 e. The Bertz CT molecular complexity index is 735. The average molecular weight is 305 g/mol. The molecule has 0 aliphatic carbocycles. The number of benzene rings is 1. The number of nitrogens with zero attached hydrogens (tertiary/aromatic N) is 2. The number of phenols is 1. The quantitative estimate of drug-likeness (QED) is 0.877. The predicted molar refractivity (Wildman–Crippen MR) is 76.1 cm³/mol. The van der Waals surface area contributed by atoms with Crippen LogP contribution >= 0.6 is 11.6 Å². The normalized spacial score (nSPS) is 23.1. The summed E-state index contributed by atoms with van der Waals surface area (Å²) in [5.74, 6) is 0.188. The van der Waals surface area contributed by atoms with E-state index in [1.165, 1.54) is 0 Å². The third-order valence-electron chi connectivity index (χ3n) is 3.90. The highest BCUT2D eigenvalue weighted by atomic mass is 35.5. The summed E-state index contributed by atoms with van der Waals surface area (Å²) < 4.78 is 11.3. The maximum atomic E-state index is 10.2. The summed E-state index contributed by atoms with van der Waals surface area (Å²) in [5.41, 5.74) is 3.97. The molecule has 0 radical (unpaired) electrons. The molecular weight excluding hydrogens is 292 g/mol. The van der Waals surface area contributed by atoms with Gasteiger partial charge in [-0.3, -0.25) is 0 Å². The van der Waals surface area contributed by atoms with Crippen LogP contribution in [0.25, 0.3) is 11.3 Å². The molecule has 0 saturated carbocycles. The fraction of sp³-hybridized carbons (Fsp3) is 0.333. The zero-order valence-electron chi connectivity index (χ0n) is 11.3. The van der Waals surface area contributed by atoms with Gasteiger partial charge in [-0.1, -0.05) is 17.7 Å². The lowest BCUT2D eigenvalue weighted by Crippen LogP contribution is -2.21. The molecule has 1 N–H and O–H groups in total. The summed E-state index contributed by atoms with van der Waals surface area (Å²) in [5, 5.41) is 18.7. The molecule has 1 saturated heterocycles. The van der Waals surface area contributed by atoms with Crippen LogP contribution in [0, 0.1) is 6.92 Å². The van der Waals surface area contributed by atoms with Crippen LogP contribution in [0.2, 0.25) is 5.15 Å². The van der Waals surface area contributed by atoms with Crippen molar-refractivity contribution in [3.8, 4) is 17.0 Å². The molecule has 0 amide bonds. The fourth-order valence-corrected chi connectivity index (χ4v) is 3.14. The van der Waals surface area contributed by atoms with Crippen LogP contribution in [-0.2, 0) is 15.9 Å². The lowest BCUT2D eigenvalue weighted by molar-refractivity contribution is -0.0679. The lowest BCUT2D eigenvalue weighted by Gasteiger charge is -2.24. The van der Waals surface area contributed by atoms with Crippen LogP contribution in [0.4, 0.5) is 0 Å². The van der Waals surface area contributed by atoms with E-state index >= 15 is 0 Å². The van der Waals surface area contributed by atoms with Gasteiger partial charge in [0.05, 0.1) is 18.3 Å². The monoisotopic (exact) mass is 304 g/mol. The second-order valence-electron chi connectivity index (χ2n) is 5.38. The van der Waals surface area contributed by atoms with Crippen molar-refractivity contribution in [2.24, 2.45) is 0 Å². The number of ether oxygens (including phenoxy) is 2. The number of halogens is 1. The average Bonchev–Trinajstić information content (AvgIpc) is 2.82. The molecule has 1 aromatic heterocycles. The van der Waals surface area contributed by atoms with Crippen molar-refractivity contribution in [3.05, 3.63) is 40.0 Å². The van der Waals surface area contributed by atoms with E-state index in [0.29, 0.717) is 29.4 Å². The lowest BCUT2D eigenvalue weighted by atomic mass is 9.95. The first-order valence-electron chi connectivity index (χ1n) is 6.75. The highest BCUT2D eigenvalue weighted by molar-refractivity contribution is 6.30. The number of rotatable bonds is 1. The number of aromatic nitrogens is 2. The Balaban J connectivity index is 1.93. The van der Waals surface area contributed by atoms with Gasteiger partial charge < -0.3 is 14.6 Å². The second-order valence-corrected chi connectivity index (χ2v) is 5.74. The second kappa shape index (κ2) is 4.66. The number of hydrogen-bond acceptors (Lipinski definition) is 5. The SMILES string of the molecule is Cc1ccc(-c2nnc(Cl)c3c2C[C@H]2CO[C@@H]3O2)c(O)c1. The van der Waals surface area contributed by atoms with Gasteiger partial charge in [0.1, 0.15) is 11.4 Å². The summed E-state index contributed by atoms with van der Waals surface area (Å²) >= 11 is 6.16. The summed E-state index contributed by atoms with van der Waals surface area (Å²) in [6.07, 6.45) is 0.186. The molecular formula is C15H13ClN2O3. The molecule has 2 aliphatic rings. The summed E-state index contributed by atoms with van der Waals surface area (Å²) in [7, 11) is 0. The minimum Gasteiger partial charge on any atom is -0.507 e. The Labute approximate surface area is 126 Å². The van der Waals surface area contributed by atoms with Gasteiger partial charge in [0.2, 0.25) is 0 Å². The number of phenolic OH excluding ortho intramolecular Hbond substituents is 1. The molecule has 3 heterocycles. The number of aryl methyl sites for hydroxylation is 1. The van der Waals surface area contributed by atoms with Crippen molar-refractivity contribution in [3.63, 3.8) is 0 Å². The van der Waals surface area contributed by atoms with Crippen molar-refractivity contribution in [1.29, 1.82) is 0 Å². The Hall–Kier alpha value is -1.69. The van der Waals surface area contributed by atoms with E-state index in [1.807, 2.05) is 19.1 Å². The number of fused-ring (bicyclic) bond motifs is 4. The molecule has 6 heteroatoms. The van der Waals surface area contributed by atoms with E-state index in [1.54, 1.807) is 6.07 Å². The van der Waals surface area contributed by atoms with E-state index in [0.717, 1.165) is 16.7 Å². The van der Waals surface area contributed by atoms with Crippen LogP contribution in [0.5, 0.6) is 5.75 Å². The standard InChI is InChI=1S/C15H13ClN2O3/c1-7-2-3-9(11(19)4-7)13-10-5-8-6-20-15(21-8)12(10)14(16)18-17-13/h2-4,8,15,19H,5-6H2,1H3/t8-,15+/m0/s1. The Morgan fingerprint density at radius 2 is 2.19 bits per heavy atom. The van der Waals surface area contributed by atoms with E-state index in [4.69, 9.17) is 21.1 Å². The van der Waals surface area contributed by atoms with Crippen molar-refractivity contribution in [2.75, 3.05) is 6.61 Å². The summed E-state index contributed by atoms with van der Waals surface area (Å²) in [4.78, 5) is 0. The first kappa shape index (κ1) is 13.0. The van der Waals surface area contributed by atoms with Crippen molar-refractivity contribution in [1.82, 2.24) is 10.2 Å². The highest BCUT2D eigenvalue weighted by Crippen LogP contribution is 2.43. The van der Waals surface area contributed by atoms with Gasteiger partial charge in [0, 0.05) is 12.0 Å². The van der Waals surface area contributed by atoms with Gasteiger partial charge in [-0.2, -0.15) is 0 Å². The van der Waals surface area contributed by atoms with Crippen LogP contribution in [-0.4, -0.2) is 28.0 Å². The minimum atomic E-state index is -0.479. The largest absolute Gasteiger partial charge is 0.507 e. The topological polar surface area (TPSA) is 64.5 Å². The molecule has 5 nitrogen and oxygen atoms in total. The van der Waals surface area contributed by atoms with Crippen molar-refractivity contribution >= 4 is 11.6 Å². The van der Waals surface area contributed by atoms with E-state index in [2.05, 4.69) is 10.2 Å². The van der Waals surface area contributed by atoms with Crippen molar-refractivity contribution < 1.29 is 14.6 Å². The van der Waals surface area contributed by atoms with Gasteiger partial charge in [-0.15, -0.1) is 10.2 Å². The zero-order valence-corrected chi connectivity index (χ0v) is 12.1. The molecule has 4 rings (SSSR count). The Morgan fingerprint density at radius 1 is 1.33 bits per heavy atom. The Morgan fingerprint density at radius 3 is 3.00 bits per heavy atom. The van der Waals surface area contributed by atoms with Crippen molar-refractivity contribution in [2.45, 2.75) is 25.7 Å². The molecule has 21 heavy (non-hydrogen) atoms. The van der Waals surface area contributed by atoms with Gasteiger partial charge >= 0.3 is 0 Å². The summed E-state index contributed by atoms with van der Waals surface area (Å²) in [6.45, 7) is 2.46. The number of aromatic hydroxyl groups is 1. The smallest absolute Gasteiger partial charge is 0.187 e. The molecule has 108 valence electrons. The maximum absolute atomic E-state index is 10.2. The van der Waals surface area contributed by atoms with E-state index in [-0.39, 0.29) is 11.9 Å². The van der Waals surface area contributed by atoms with Crippen LogP contribution in [0.3, 0.4) is 0 Å². The first-order valence-corrected chi connectivity index (χ1v) is 7.13. The van der Waals surface area contributed by atoms with Crippen LogP contribution < -0.4 is 0 Å². The number of hydrogen-bond donors (Lipinski definition) is 1. The summed E-state index contributed by atoms with van der Waals surface area (Å²) in [6, 6.07) is 5.49. The van der Waals surface area contributed by atoms with Crippen LogP contribution in [0.15, 0.2) is 18.2 Å². The van der Waals surface area contributed by atoms with E-state index in [9.17, 15) is 5.11 Å². The first-order chi connectivity index (χ1) is 10.1. The minimum absolute atomic E-state index is 0.00843. The van der Waals surface area contributed by atoms with E-state index < -0.39 is 6.29 Å². The molecule has 0 unspecified atom stereocenters. The fourth-order valence-electron chi connectivity index (χ4n) is 2.90. The molecule has 1 fully saturated rings. The molecule has 0 spiro atoms. The molecule has 2 bridgehead atoms. The molecule has 2 aliphatic heterocycles. The van der Waals surface area contributed by atoms with Gasteiger partial charge in [-0.25, -0.2) is 0 Å². The van der Waals surface area contributed by atoms with Crippen LogP contribution in [0.1, 0.15) is 23.0 Å². The van der Waals surface area contributed by atoms with Gasteiger partial charge in [0.25, 0.3) is 0 Å². The molecule has 2 aromatic rings. The molecule has 2 atom stereocenters. The zero-order chi connectivity index (χ0) is 14.6. The molecule has 1 aromatic carbocycles. The third-order valence-corrected chi connectivity index (χ3v) is 4.18. The third kappa shape index (κ3) is 2.00. The van der Waals surface area contributed by atoms with Gasteiger partial charge in [0.15, 0.2) is 11.4 Å². The van der Waals surface area contributed by atoms with Gasteiger partial charge in [-0.05, 0) is 30.2 Å². The predicted octanol–water partition coefficient (Wildman–Crippen LogP) is 2.78. The Kier molecular flexibility index (Phi) is 2.89. The highest BCUT2D eigenvalue weighted by Gasteiger charge is 2.39.